The third kappa shape index (κ3) is 9.89. The second kappa shape index (κ2) is 15.4. The monoisotopic (exact) mass is 659 g/mol. The first-order chi connectivity index (χ1) is 21.8. The number of thioether (sulfide) groups is 1. The van der Waals surface area contributed by atoms with Crippen LogP contribution in [0.1, 0.15) is 57.0 Å². The number of benzene rings is 2. The molecule has 1 atom stereocenters. The average molecular weight is 660 g/mol. The van der Waals surface area contributed by atoms with Crippen LogP contribution in [0.3, 0.4) is 0 Å². The van der Waals surface area contributed by atoms with Crippen molar-refractivity contribution >= 4 is 46.1 Å². The van der Waals surface area contributed by atoms with Gasteiger partial charge in [-0.3, -0.25) is 14.6 Å². The smallest absolute Gasteiger partial charge is 0.407 e. The first kappa shape index (κ1) is 34.6. The minimum Gasteiger partial charge on any atom is -0.449 e. The van der Waals surface area contributed by atoms with Gasteiger partial charge in [0.25, 0.3) is 5.91 Å². The number of hydrogen-bond acceptors (Lipinski definition) is 8. The Balaban J connectivity index is 1.42. The second-order valence-corrected chi connectivity index (χ2v) is 14.4. The van der Waals surface area contributed by atoms with Gasteiger partial charge < -0.3 is 20.7 Å². The number of nitrogens with zero attached hydrogens (tertiary/aromatic N) is 2. The maximum Gasteiger partial charge on any atom is 0.407 e. The Bertz CT molecular complexity index is 1650. The molecule has 46 heavy (non-hydrogen) atoms. The van der Waals surface area contributed by atoms with Crippen molar-refractivity contribution in [3.63, 3.8) is 0 Å². The lowest BCUT2D eigenvalue weighted by molar-refractivity contribution is -0.118. The predicted octanol–water partition coefficient (Wildman–Crippen LogP) is 7.16. The first-order valence-electron chi connectivity index (χ1n) is 15.0. The highest BCUT2D eigenvalue weighted by molar-refractivity contribution is 7.98. The van der Waals surface area contributed by atoms with E-state index in [9.17, 15) is 14.4 Å². The highest BCUT2D eigenvalue weighted by Crippen LogP contribution is 2.29. The van der Waals surface area contributed by atoms with E-state index in [0.29, 0.717) is 22.9 Å². The minimum absolute atomic E-state index is 0.128. The number of ether oxygens (including phenoxy) is 1. The number of anilines is 1. The van der Waals surface area contributed by atoms with Crippen LogP contribution in [0.2, 0.25) is 0 Å². The lowest BCUT2D eigenvalue weighted by Crippen LogP contribution is -2.44. The van der Waals surface area contributed by atoms with Crippen LogP contribution in [0.4, 0.5) is 9.93 Å². The molecule has 0 radical (unpaired) electrons. The van der Waals surface area contributed by atoms with Gasteiger partial charge in [0.1, 0.15) is 12.6 Å². The molecule has 0 saturated carbocycles. The summed E-state index contributed by atoms with van der Waals surface area (Å²) in [5, 5.41) is 11.0. The molecule has 0 aliphatic rings. The van der Waals surface area contributed by atoms with Crippen LogP contribution < -0.4 is 16.0 Å². The number of hydrogen-bond donors (Lipinski definition) is 3. The summed E-state index contributed by atoms with van der Waals surface area (Å²) in [5.74, 6) is -0.00809. The topological polar surface area (TPSA) is 122 Å². The van der Waals surface area contributed by atoms with Crippen molar-refractivity contribution in [2.45, 2.75) is 58.0 Å². The molecule has 0 aliphatic heterocycles. The van der Waals surface area contributed by atoms with Crippen LogP contribution in [0.5, 0.6) is 0 Å². The third-order valence-corrected chi connectivity index (χ3v) is 8.49. The Hall–Kier alpha value is -4.22. The van der Waals surface area contributed by atoms with Crippen LogP contribution >= 0.6 is 23.1 Å². The standard InChI is InChI=1S/C35H41N5O4S2/c1-34(2,3)40-33(43)44-22-35(4,5)27-12-8-11-26(20-27)30(41)37-28(15-18-45-6)31(42)39-32-38-29(21-46-32)25-10-7-9-24(19-25)23-13-16-36-17-14-23/h7-14,16-17,19-21,28H,15,18,22H2,1-6H3,(H,37,41)(H,40,43)(H,38,39,42)/t28-/m0/s1. The Morgan fingerprint density at radius 1 is 0.935 bits per heavy atom. The molecule has 0 fully saturated rings. The summed E-state index contributed by atoms with van der Waals surface area (Å²) >= 11 is 2.93. The Labute approximate surface area is 279 Å². The SMILES string of the molecule is CSCC[C@H](NC(=O)c1cccc(C(C)(C)COC(=O)NC(C)(C)C)c1)C(=O)Nc1nc(-c2cccc(-c3ccncc3)c2)cs1. The van der Waals surface area contributed by atoms with Crippen molar-refractivity contribution in [3.8, 4) is 22.4 Å². The molecule has 3 amide bonds. The van der Waals surface area contributed by atoms with Crippen molar-refractivity contribution in [1.29, 1.82) is 0 Å². The van der Waals surface area contributed by atoms with Crippen molar-refractivity contribution in [2.75, 3.05) is 23.9 Å². The van der Waals surface area contributed by atoms with Crippen molar-refractivity contribution in [3.05, 3.63) is 89.6 Å². The molecule has 11 heteroatoms. The molecule has 2 heterocycles. The predicted molar refractivity (Wildman–Crippen MR) is 187 cm³/mol. The molecule has 0 unspecified atom stereocenters. The van der Waals surface area contributed by atoms with E-state index in [-0.39, 0.29) is 18.4 Å². The van der Waals surface area contributed by atoms with E-state index < -0.39 is 23.1 Å². The zero-order valence-corrected chi connectivity index (χ0v) is 28.7. The molecule has 2 aromatic heterocycles. The van der Waals surface area contributed by atoms with Gasteiger partial charge in [-0.05, 0) is 86.2 Å². The van der Waals surface area contributed by atoms with Crippen LogP contribution in [-0.4, -0.2) is 58.1 Å². The molecule has 0 spiro atoms. The van der Waals surface area contributed by atoms with Gasteiger partial charge in [-0.1, -0.05) is 44.2 Å². The maximum absolute atomic E-state index is 13.4. The second-order valence-electron chi connectivity index (χ2n) is 12.6. The summed E-state index contributed by atoms with van der Waals surface area (Å²) in [5.41, 5.74) is 4.06. The number of rotatable bonds is 12. The van der Waals surface area contributed by atoms with Crippen LogP contribution in [-0.2, 0) is 14.9 Å². The van der Waals surface area contributed by atoms with Gasteiger partial charge in [-0.25, -0.2) is 9.78 Å². The maximum atomic E-state index is 13.4. The molecule has 9 nitrogen and oxygen atoms in total. The van der Waals surface area contributed by atoms with Crippen LogP contribution in [0.25, 0.3) is 22.4 Å². The van der Waals surface area contributed by atoms with Gasteiger partial charge in [0, 0.05) is 39.9 Å². The Morgan fingerprint density at radius 3 is 2.37 bits per heavy atom. The number of alkyl carbamates (subject to hydrolysis) is 1. The molecule has 3 N–H and O–H groups in total. The Kier molecular flexibility index (Phi) is 11.6. The fraction of sp³-hybridized carbons (Fsp3) is 0.343. The van der Waals surface area contributed by atoms with Gasteiger partial charge in [0.2, 0.25) is 5.91 Å². The van der Waals surface area contributed by atoms with E-state index in [0.717, 1.165) is 27.9 Å². The van der Waals surface area contributed by atoms with Gasteiger partial charge in [-0.2, -0.15) is 11.8 Å². The van der Waals surface area contributed by atoms with Crippen molar-refractivity contribution < 1.29 is 19.1 Å². The largest absolute Gasteiger partial charge is 0.449 e. The molecule has 4 rings (SSSR count). The molecular weight excluding hydrogens is 619 g/mol. The summed E-state index contributed by atoms with van der Waals surface area (Å²) in [7, 11) is 0. The van der Waals surface area contributed by atoms with Gasteiger partial charge in [0.15, 0.2) is 5.13 Å². The summed E-state index contributed by atoms with van der Waals surface area (Å²) in [4.78, 5) is 47.8. The number of aromatic nitrogens is 2. The van der Waals surface area contributed by atoms with E-state index in [2.05, 4.69) is 32.0 Å². The lowest BCUT2D eigenvalue weighted by atomic mass is 9.84. The summed E-state index contributed by atoms with van der Waals surface area (Å²) in [6, 6.07) is 18.4. The fourth-order valence-corrected chi connectivity index (χ4v) is 5.75. The minimum atomic E-state index is -0.761. The highest BCUT2D eigenvalue weighted by atomic mass is 32.2. The summed E-state index contributed by atoms with van der Waals surface area (Å²) < 4.78 is 5.48. The average Bonchev–Trinajstić information content (AvgIpc) is 3.50. The fourth-order valence-electron chi connectivity index (χ4n) is 4.56. The molecular formula is C35H41N5O4S2. The number of carbonyl (C=O) groups is 3. The third-order valence-electron chi connectivity index (χ3n) is 7.09. The van der Waals surface area contributed by atoms with E-state index in [1.54, 1.807) is 42.4 Å². The van der Waals surface area contributed by atoms with E-state index >= 15 is 0 Å². The normalized spacial score (nSPS) is 12.2. The summed E-state index contributed by atoms with van der Waals surface area (Å²) in [6.45, 7) is 9.66. The van der Waals surface area contributed by atoms with Crippen LogP contribution in [0, 0.1) is 0 Å². The number of nitrogens with one attached hydrogen (secondary N) is 3. The molecule has 4 aromatic rings. The molecule has 242 valence electrons. The zero-order valence-electron chi connectivity index (χ0n) is 27.0. The van der Waals surface area contributed by atoms with Crippen molar-refractivity contribution in [2.24, 2.45) is 0 Å². The lowest BCUT2D eigenvalue weighted by Gasteiger charge is -2.27. The molecule has 0 saturated heterocycles. The van der Waals surface area contributed by atoms with Gasteiger partial charge >= 0.3 is 6.09 Å². The van der Waals surface area contributed by atoms with E-state index in [4.69, 9.17) is 4.74 Å². The molecule has 0 bridgehead atoms. The van der Waals surface area contributed by atoms with E-state index in [1.165, 1.54) is 11.3 Å². The zero-order chi connectivity index (χ0) is 33.3. The highest BCUT2D eigenvalue weighted by Gasteiger charge is 2.27. The molecule has 0 aliphatic carbocycles. The van der Waals surface area contributed by atoms with Gasteiger partial charge in [-0.15, -0.1) is 11.3 Å². The summed E-state index contributed by atoms with van der Waals surface area (Å²) in [6.07, 6.45) is 5.43. The molecule has 2 aromatic carbocycles. The first-order valence-corrected chi connectivity index (χ1v) is 17.2. The number of carbonyl (C=O) groups excluding carboxylic acids is 3. The van der Waals surface area contributed by atoms with Crippen LogP contribution in [0.15, 0.2) is 78.4 Å². The quantitative estimate of drug-likeness (QED) is 0.147. The van der Waals surface area contributed by atoms with Crippen molar-refractivity contribution in [1.82, 2.24) is 20.6 Å². The number of thiazole rings is 1. The number of amides is 3. The Morgan fingerprint density at radius 2 is 1.65 bits per heavy atom. The van der Waals surface area contributed by atoms with Gasteiger partial charge in [0.05, 0.1) is 5.69 Å². The van der Waals surface area contributed by atoms with E-state index in [1.807, 2.05) is 82.7 Å². The number of pyridine rings is 1.